The summed E-state index contributed by atoms with van der Waals surface area (Å²) in [6.07, 6.45) is 6.70. The normalized spacial score (nSPS) is 11.0. The van der Waals surface area contributed by atoms with Crippen LogP contribution in [0.1, 0.15) is 56.7 Å². The standard InChI is InChI=1S/C33H36/c1-4-16-28-31(25-19-10-7-11-20-25)29(17-5-2)33(27-23-14-9-15-24-27)30(18-6-3)32(28)26-21-12-8-13-22-26/h7-15,19-24H,4-6,16-18H2,1-3H3. The van der Waals surface area contributed by atoms with Crippen LogP contribution in [0.15, 0.2) is 91.0 Å². The van der Waals surface area contributed by atoms with Gasteiger partial charge in [-0.3, -0.25) is 0 Å². The van der Waals surface area contributed by atoms with Crippen molar-refractivity contribution in [1.29, 1.82) is 0 Å². The third-order valence-electron chi connectivity index (χ3n) is 6.50. The van der Waals surface area contributed by atoms with Gasteiger partial charge in [-0.05, 0) is 69.3 Å². The van der Waals surface area contributed by atoms with Crippen molar-refractivity contribution in [3.63, 3.8) is 0 Å². The van der Waals surface area contributed by atoms with Gasteiger partial charge in [-0.2, -0.15) is 0 Å². The summed E-state index contributed by atoms with van der Waals surface area (Å²) in [6.45, 7) is 6.94. The molecule has 0 fully saturated rings. The summed E-state index contributed by atoms with van der Waals surface area (Å²) in [5.74, 6) is 0. The van der Waals surface area contributed by atoms with Crippen molar-refractivity contribution < 1.29 is 0 Å². The molecule has 0 saturated heterocycles. The number of benzene rings is 4. The van der Waals surface area contributed by atoms with Crippen molar-refractivity contribution in [3.8, 4) is 33.4 Å². The summed E-state index contributed by atoms with van der Waals surface area (Å²) >= 11 is 0. The molecule has 0 aliphatic rings. The molecule has 0 N–H and O–H groups in total. The minimum atomic E-state index is 1.09. The van der Waals surface area contributed by atoms with Gasteiger partial charge in [0.2, 0.25) is 0 Å². The molecule has 0 aliphatic carbocycles. The predicted molar refractivity (Wildman–Crippen MR) is 145 cm³/mol. The molecule has 33 heavy (non-hydrogen) atoms. The van der Waals surface area contributed by atoms with Gasteiger partial charge >= 0.3 is 0 Å². The fraction of sp³-hybridized carbons (Fsp3) is 0.273. The smallest absolute Gasteiger partial charge is 0.0107 e. The summed E-state index contributed by atoms with van der Waals surface area (Å²) in [6, 6.07) is 33.3. The lowest BCUT2D eigenvalue weighted by atomic mass is 9.76. The Hall–Kier alpha value is -3.12. The fourth-order valence-corrected chi connectivity index (χ4v) is 5.28. The highest BCUT2D eigenvalue weighted by atomic mass is 14.3. The van der Waals surface area contributed by atoms with Gasteiger partial charge in [0.25, 0.3) is 0 Å². The van der Waals surface area contributed by atoms with E-state index >= 15 is 0 Å². The predicted octanol–water partition coefficient (Wildman–Crippen LogP) is 9.55. The summed E-state index contributed by atoms with van der Waals surface area (Å²) in [5, 5.41) is 0. The molecule has 0 radical (unpaired) electrons. The second-order valence-electron chi connectivity index (χ2n) is 8.91. The highest BCUT2D eigenvalue weighted by Crippen LogP contribution is 2.46. The van der Waals surface area contributed by atoms with Crippen LogP contribution in [0.3, 0.4) is 0 Å². The molecule has 0 nitrogen and oxygen atoms in total. The lowest BCUT2D eigenvalue weighted by Crippen LogP contribution is -2.08. The first-order chi connectivity index (χ1) is 16.3. The van der Waals surface area contributed by atoms with Gasteiger partial charge in [0.05, 0.1) is 0 Å². The van der Waals surface area contributed by atoms with E-state index in [1.165, 1.54) is 50.1 Å². The molecule has 0 saturated carbocycles. The average Bonchev–Trinajstić information content (AvgIpc) is 2.86. The third-order valence-corrected chi connectivity index (χ3v) is 6.50. The first-order valence-corrected chi connectivity index (χ1v) is 12.7. The molecule has 4 aromatic carbocycles. The maximum atomic E-state index is 2.31. The zero-order valence-corrected chi connectivity index (χ0v) is 20.4. The Morgan fingerprint density at radius 1 is 0.364 bits per heavy atom. The second-order valence-corrected chi connectivity index (χ2v) is 8.91. The molecule has 0 heterocycles. The van der Waals surface area contributed by atoms with Crippen LogP contribution in [0.4, 0.5) is 0 Å². The van der Waals surface area contributed by atoms with Crippen molar-refractivity contribution in [2.75, 3.05) is 0 Å². The summed E-state index contributed by atoms with van der Waals surface area (Å²) in [5.41, 5.74) is 13.0. The van der Waals surface area contributed by atoms with E-state index in [1.54, 1.807) is 0 Å². The van der Waals surface area contributed by atoms with Crippen molar-refractivity contribution >= 4 is 0 Å². The Labute approximate surface area is 200 Å². The number of hydrogen-bond donors (Lipinski definition) is 0. The maximum Gasteiger partial charge on any atom is -0.0107 e. The van der Waals surface area contributed by atoms with Crippen LogP contribution in [-0.4, -0.2) is 0 Å². The molecule has 0 heteroatoms. The van der Waals surface area contributed by atoms with Crippen LogP contribution in [-0.2, 0) is 19.3 Å². The zero-order chi connectivity index (χ0) is 23.0. The lowest BCUT2D eigenvalue weighted by Gasteiger charge is -2.28. The van der Waals surface area contributed by atoms with E-state index in [9.17, 15) is 0 Å². The van der Waals surface area contributed by atoms with Crippen LogP contribution in [0.25, 0.3) is 33.4 Å². The monoisotopic (exact) mass is 432 g/mol. The van der Waals surface area contributed by atoms with Gasteiger partial charge in [0.1, 0.15) is 0 Å². The van der Waals surface area contributed by atoms with E-state index in [0.29, 0.717) is 0 Å². The molecular weight excluding hydrogens is 396 g/mol. The number of rotatable bonds is 9. The average molecular weight is 433 g/mol. The van der Waals surface area contributed by atoms with Gasteiger partial charge in [-0.15, -0.1) is 0 Å². The van der Waals surface area contributed by atoms with Crippen molar-refractivity contribution in [1.82, 2.24) is 0 Å². The summed E-state index contributed by atoms with van der Waals surface area (Å²) < 4.78 is 0. The molecule has 0 atom stereocenters. The van der Waals surface area contributed by atoms with E-state index in [0.717, 1.165) is 38.5 Å². The highest BCUT2D eigenvalue weighted by molar-refractivity contribution is 5.92. The van der Waals surface area contributed by atoms with E-state index in [-0.39, 0.29) is 0 Å². The Bertz CT molecular complexity index is 983. The minimum Gasteiger partial charge on any atom is -0.0651 e. The van der Waals surface area contributed by atoms with E-state index in [4.69, 9.17) is 0 Å². The maximum absolute atomic E-state index is 2.31. The molecule has 0 unspecified atom stereocenters. The van der Waals surface area contributed by atoms with E-state index in [1.807, 2.05) is 0 Å². The third kappa shape index (κ3) is 4.81. The molecule has 0 bridgehead atoms. The molecule has 0 aliphatic heterocycles. The van der Waals surface area contributed by atoms with Gasteiger partial charge in [0, 0.05) is 0 Å². The Balaban J connectivity index is 2.22. The first kappa shape index (κ1) is 23.1. The lowest BCUT2D eigenvalue weighted by molar-refractivity contribution is 0.878. The Kier molecular flexibility index (Phi) is 7.79. The highest BCUT2D eigenvalue weighted by Gasteiger charge is 2.25. The van der Waals surface area contributed by atoms with Crippen molar-refractivity contribution in [3.05, 3.63) is 108 Å². The molecule has 0 aromatic heterocycles. The molecule has 4 aromatic rings. The van der Waals surface area contributed by atoms with Gasteiger partial charge in [-0.25, -0.2) is 0 Å². The minimum absolute atomic E-state index is 1.09. The first-order valence-electron chi connectivity index (χ1n) is 12.7. The summed E-state index contributed by atoms with van der Waals surface area (Å²) in [7, 11) is 0. The van der Waals surface area contributed by atoms with Crippen LogP contribution in [0, 0.1) is 0 Å². The van der Waals surface area contributed by atoms with E-state index < -0.39 is 0 Å². The second kappa shape index (κ2) is 11.1. The zero-order valence-electron chi connectivity index (χ0n) is 20.4. The van der Waals surface area contributed by atoms with Crippen LogP contribution < -0.4 is 0 Å². The van der Waals surface area contributed by atoms with Crippen molar-refractivity contribution in [2.45, 2.75) is 59.3 Å². The largest absolute Gasteiger partial charge is 0.0651 e. The van der Waals surface area contributed by atoms with Gasteiger partial charge < -0.3 is 0 Å². The Morgan fingerprint density at radius 2 is 0.606 bits per heavy atom. The molecule has 0 amide bonds. The fourth-order valence-electron chi connectivity index (χ4n) is 5.28. The quantitative estimate of drug-likeness (QED) is 0.247. The molecule has 0 spiro atoms. The SMILES string of the molecule is CCCc1c(-c2ccccc2)c(CCC)c(-c2ccccc2)c(CCC)c1-c1ccccc1. The number of hydrogen-bond acceptors (Lipinski definition) is 0. The Morgan fingerprint density at radius 3 is 0.818 bits per heavy atom. The van der Waals surface area contributed by atoms with Gasteiger partial charge in [0.15, 0.2) is 0 Å². The summed E-state index contributed by atoms with van der Waals surface area (Å²) in [4.78, 5) is 0. The van der Waals surface area contributed by atoms with Crippen LogP contribution in [0.2, 0.25) is 0 Å². The topological polar surface area (TPSA) is 0 Å². The van der Waals surface area contributed by atoms with Gasteiger partial charge in [-0.1, -0.05) is 131 Å². The van der Waals surface area contributed by atoms with Crippen LogP contribution >= 0.6 is 0 Å². The molecular formula is C33H36. The van der Waals surface area contributed by atoms with Crippen molar-refractivity contribution in [2.24, 2.45) is 0 Å². The van der Waals surface area contributed by atoms with E-state index in [2.05, 4.69) is 112 Å². The molecule has 4 rings (SSSR count). The molecule has 168 valence electrons. The van der Waals surface area contributed by atoms with Crippen LogP contribution in [0.5, 0.6) is 0 Å².